The van der Waals surface area contributed by atoms with Crippen LogP contribution in [0.1, 0.15) is 6.92 Å². The summed E-state index contributed by atoms with van der Waals surface area (Å²) in [6.45, 7) is 1.73. The van der Waals surface area contributed by atoms with Gasteiger partial charge in [-0.1, -0.05) is 30.3 Å². The molecule has 6 heteroatoms. The fourth-order valence-electron chi connectivity index (χ4n) is 2.59. The van der Waals surface area contributed by atoms with Gasteiger partial charge < -0.3 is 10.1 Å². The quantitative estimate of drug-likeness (QED) is 0.569. The van der Waals surface area contributed by atoms with Crippen LogP contribution in [0.5, 0.6) is 5.75 Å². The van der Waals surface area contributed by atoms with Crippen LogP contribution in [0.25, 0.3) is 16.2 Å². The Labute approximate surface area is 154 Å². The molecule has 1 atom stereocenters. The van der Waals surface area contributed by atoms with Crippen molar-refractivity contribution in [3.05, 3.63) is 72.4 Å². The number of anilines is 1. The van der Waals surface area contributed by atoms with Gasteiger partial charge in [0.15, 0.2) is 11.1 Å². The van der Waals surface area contributed by atoms with E-state index in [0.717, 1.165) is 21.9 Å². The molecule has 0 radical (unpaired) electrons. The van der Waals surface area contributed by atoms with Crippen molar-refractivity contribution in [2.45, 2.75) is 13.0 Å². The Balaban J connectivity index is 1.42. The van der Waals surface area contributed by atoms with Crippen LogP contribution in [0.2, 0.25) is 0 Å². The molecule has 26 heavy (non-hydrogen) atoms. The number of rotatable bonds is 5. The van der Waals surface area contributed by atoms with Gasteiger partial charge in [0.1, 0.15) is 5.75 Å². The van der Waals surface area contributed by atoms with Crippen LogP contribution < -0.4 is 10.1 Å². The molecule has 0 saturated heterocycles. The molecule has 0 unspecified atom stereocenters. The lowest BCUT2D eigenvalue weighted by Gasteiger charge is -2.14. The number of nitrogens with zero attached hydrogens (tertiary/aromatic N) is 2. The number of para-hydroxylation sites is 1. The molecule has 0 bridgehead atoms. The number of hydrogen-bond donors (Lipinski definition) is 1. The second-order valence-corrected chi connectivity index (χ2v) is 6.73. The topological polar surface area (TPSA) is 55.6 Å². The van der Waals surface area contributed by atoms with Crippen LogP contribution in [0.3, 0.4) is 0 Å². The second-order valence-electron chi connectivity index (χ2n) is 5.86. The van der Waals surface area contributed by atoms with Crippen molar-refractivity contribution in [1.82, 2.24) is 9.38 Å². The van der Waals surface area contributed by atoms with Crippen LogP contribution in [0, 0.1) is 0 Å². The minimum Gasteiger partial charge on any atom is -0.481 e. The first kappa shape index (κ1) is 16.4. The minimum atomic E-state index is -0.586. The molecular weight excluding hydrogens is 346 g/mol. The summed E-state index contributed by atoms with van der Waals surface area (Å²) in [5, 5.41) is 4.88. The zero-order chi connectivity index (χ0) is 17.9. The summed E-state index contributed by atoms with van der Waals surface area (Å²) in [5.41, 5.74) is 2.64. The fourth-order valence-corrected chi connectivity index (χ4v) is 3.29. The number of nitrogens with one attached hydrogen (secondary N) is 1. The van der Waals surface area contributed by atoms with Gasteiger partial charge in [0.25, 0.3) is 5.91 Å². The van der Waals surface area contributed by atoms with Crippen molar-refractivity contribution in [3.63, 3.8) is 0 Å². The lowest BCUT2D eigenvalue weighted by Crippen LogP contribution is -2.30. The van der Waals surface area contributed by atoms with E-state index in [1.807, 2.05) is 76.8 Å². The molecule has 130 valence electrons. The Morgan fingerprint density at radius 3 is 2.65 bits per heavy atom. The maximum absolute atomic E-state index is 12.3. The summed E-state index contributed by atoms with van der Waals surface area (Å²) < 4.78 is 7.64. The Kier molecular flexibility index (Phi) is 4.41. The Bertz CT molecular complexity index is 994. The van der Waals surface area contributed by atoms with Gasteiger partial charge in [-0.2, -0.15) is 0 Å². The van der Waals surface area contributed by atoms with Gasteiger partial charge in [0, 0.05) is 29.0 Å². The van der Waals surface area contributed by atoms with Gasteiger partial charge in [0.2, 0.25) is 0 Å². The number of ether oxygens (including phenoxy) is 1. The molecule has 0 aliphatic heterocycles. The standard InChI is InChI=1S/C20H17N3O2S/c1-14(25-17-5-3-2-4-6-17)19(24)21-16-9-7-15(8-10-16)18-13-23-11-12-26-20(23)22-18/h2-14H,1H3,(H,21,24)/t14-/m0/s1. The van der Waals surface area contributed by atoms with Gasteiger partial charge >= 0.3 is 0 Å². The van der Waals surface area contributed by atoms with Crippen molar-refractivity contribution in [2.24, 2.45) is 0 Å². The highest BCUT2D eigenvalue weighted by molar-refractivity contribution is 7.15. The average molecular weight is 363 g/mol. The van der Waals surface area contributed by atoms with Crippen molar-refractivity contribution >= 4 is 27.9 Å². The third-order valence-electron chi connectivity index (χ3n) is 3.97. The zero-order valence-electron chi connectivity index (χ0n) is 14.1. The molecule has 0 spiro atoms. The highest BCUT2D eigenvalue weighted by Crippen LogP contribution is 2.23. The number of carbonyl (C=O) groups is 1. The number of carbonyl (C=O) groups excluding carboxylic acids is 1. The molecule has 1 N–H and O–H groups in total. The lowest BCUT2D eigenvalue weighted by atomic mass is 10.1. The SMILES string of the molecule is C[C@H](Oc1ccccc1)C(=O)Nc1ccc(-c2cn3ccsc3n2)cc1. The van der Waals surface area contributed by atoms with Crippen molar-refractivity contribution < 1.29 is 9.53 Å². The highest BCUT2D eigenvalue weighted by atomic mass is 32.1. The Hall–Kier alpha value is -3.12. The molecule has 0 fully saturated rings. The summed E-state index contributed by atoms with van der Waals surface area (Å²) >= 11 is 1.60. The molecule has 0 aliphatic rings. The molecule has 0 aliphatic carbocycles. The van der Waals surface area contributed by atoms with Gasteiger partial charge in [-0.25, -0.2) is 4.98 Å². The van der Waals surface area contributed by atoms with Crippen molar-refractivity contribution in [2.75, 3.05) is 5.32 Å². The van der Waals surface area contributed by atoms with Crippen molar-refractivity contribution in [3.8, 4) is 17.0 Å². The fraction of sp³-hybridized carbons (Fsp3) is 0.100. The van der Waals surface area contributed by atoms with Crippen LogP contribution >= 0.6 is 11.3 Å². The van der Waals surface area contributed by atoms with Crippen LogP contribution in [0.4, 0.5) is 5.69 Å². The van der Waals surface area contributed by atoms with E-state index in [-0.39, 0.29) is 5.91 Å². The average Bonchev–Trinajstić information content (AvgIpc) is 3.25. The molecule has 2 aromatic heterocycles. The molecule has 0 saturated carbocycles. The Morgan fingerprint density at radius 1 is 1.15 bits per heavy atom. The van der Waals surface area contributed by atoms with E-state index in [1.165, 1.54) is 0 Å². The normalized spacial score (nSPS) is 12.0. The summed E-state index contributed by atoms with van der Waals surface area (Å²) in [5.74, 6) is 0.481. The number of fused-ring (bicyclic) bond motifs is 1. The second kappa shape index (κ2) is 7.01. The summed E-state index contributed by atoms with van der Waals surface area (Å²) in [4.78, 5) is 17.8. The molecule has 2 aromatic carbocycles. The third-order valence-corrected chi connectivity index (χ3v) is 4.74. The predicted molar refractivity (Wildman–Crippen MR) is 104 cm³/mol. The van der Waals surface area contributed by atoms with Gasteiger partial charge in [-0.15, -0.1) is 11.3 Å². The third kappa shape index (κ3) is 3.45. The van der Waals surface area contributed by atoms with Gasteiger partial charge in [0.05, 0.1) is 5.69 Å². The van der Waals surface area contributed by atoms with E-state index in [2.05, 4.69) is 10.3 Å². The van der Waals surface area contributed by atoms with E-state index in [1.54, 1.807) is 18.3 Å². The van der Waals surface area contributed by atoms with E-state index in [9.17, 15) is 4.79 Å². The number of amides is 1. The molecule has 5 nitrogen and oxygen atoms in total. The summed E-state index contributed by atoms with van der Waals surface area (Å²) in [6, 6.07) is 16.9. The molecule has 4 rings (SSSR count). The smallest absolute Gasteiger partial charge is 0.265 e. The number of thiazole rings is 1. The first-order valence-corrected chi connectivity index (χ1v) is 9.12. The Morgan fingerprint density at radius 2 is 1.92 bits per heavy atom. The number of imidazole rings is 1. The van der Waals surface area contributed by atoms with Gasteiger partial charge in [-0.3, -0.25) is 9.20 Å². The monoisotopic (exact) mass is 363 g/mol. The van der Waals surface area contributed by atoms with E-state index in [0.29, 0.717) is 5.75 Å². The van der Waals surface area contributed by atoms with E-state index >= 15 is 0 Å². The molecule has 4 aromatic rings. The first-order valence-electron chi connectivity index (χ1n) is 8.24. The van der Waals surface area contributed by atoms with Crippen LogP contribution in [0.15, 0.2) is 72.4 Å². The number of benzene rings is 2. The zero-order valence-corrected chi connectivity index (χ0v) is 14.9. The summed E-state index contributed by atoms with van der Waals surface area (Å²) in [6.07, 6.45) is 3.39. The first-order chi connectivity index (χ1) is 12.7. The van der Waals surface area contributed by atoms with Crippen LogP contribution in [-0.2, 0) is 4.79 Å². The van der Waals surface area contributed by atoms with Gasteiger partial charge in [-0.05, 0) is 31.2 Å². The number of aromatic nitrogens is 2. The highest BCUT2D eigenvalue weighted by Gasteiger charge is 2.15. The minimum absolute atomic E-state index is 0.191. The number of hydrogen-bond acceptors (Lipinski definition) is 4. The molecular formula is C20H17N3O2S. The van der Waals surface area contributed by atoms with Crippen molar-refractivity contribution in [1.29, 1.82) is 0 Å². The molecule has 1 amide bonds. The lowest BCUT2D eigenvalue weighted by molar-refractivity contribution is -0.122. The molecule has 2 heterocycles. The summed E-state index contributed by atoms with van der Waals surface area (Å²) in [7, 11) is 0. The van der Waals surface area contributed by atoms with E-state index in [4.69, 9.17) is 4.74 Å². The largest absolute Gasteiger partial charge is 0.481 e. The predicted octanol–water partition coefficient (Wildman–Crippen LogP) is 4.47. The maximum atomic E-state index is 12.3. The maximum Gasteiger partial charge on any atom is 0.265 e. The van der Waals surface area contributed by atoms with Crippen LogP contribution in [-0.4, -0.2) is 21.4 Å². The van der Waals surface area contributed by atoms with E-state index < -0.39 is 6.10 Å².